The van der Waals surface area contributed by atoms with Crippen LogP contribution in [0.25, 0.3) is 0 Å². The fourth-order valence-corrected chi connectivity index (χ4v) is 2.48. The van der Waals surface area contributed by atoms with E-state index < -0.39 is 0 Å². The molecule has 0 spiro atoms. The van der Waals surface area contributed by atoms with E-state index >= 15 is 0 Å². The standard InChI is InChI=1S/C17H16BrN5/c1-11-10-20-17(22-15-7-3-5-13(19)9-15)23-16(11)21-14-6-2-4-12(18)8-14/h2-10H,19H2,1H3,(H2,20,21,22,23). The maximum atomic E-state index is 5.78. The molecule has 6 heteroatoms. The zero-order valence-electron chi connectivity index (χ0n) is 12.5. The van der Waals surface area contributed by atoms with Gasteiger partial charge in [0, 0.05) is 33.3 Å². The Labute approximate surface area is 143 Å². The van der Waals surface area contributed by atoms with Crippen molar-refractivity contribution in [3.8, 4) is 0 Å². The van der Waals surface area contributed by atoms with Crippen LogP contribution in [-0.4, -0.2) is 9.97 Å². The lowest BCUT2D eigenvalue weighted by molar-refractivity contribution is 1.13. The van der Waals surface area contributed by atoms with Gasteiger partial charge in [0.25, 0.3) is 0 Å². The molecule has 3 rings (SSSR count). The molecule has 0 amide bonds. The molecule has 116 valence electrons. The zero-order valence-corrected chi connectivity index (χ0v) is 14.1. The maximum absolute atomic E-state index is 5.78. The van der Waals surface area contributed by atoms with Gasteiger partial charge < -0.3 is 16.4 Å². The first-order valence-corrected chi connectivity index (χ1v) is 7.88. The van der Waals surface area contributed by atoms with Crippen molar-refractivity contribution in [1.29, 1.82) is 0 Å². The van der Waals surface area contributed by atoms with Crippen molar-refractivity contribution in [1.82, 2.24) is 9.97 Å². The van der Waals surface area contributed by atoms with Gasteiger partial charge in [-0.3, -0.25) is 0 Å². The van der Waals surface area contributed by atoms with Crippen LogP contribution in [0.5, 0.6) is 0 Å². The van der Waals surface area contributed by atoms with E-state index in [0.29, 0.717) is 11.6 Å². The summed E-state index contributed by atoms with van der Waals surface area (Å²) in [5, 5.41) is 6.46. The van der Waals surface area contributed by atoms with Crippen molar-refractivity contribution in [3.05, 3.63) is 64.8 Å². The number of nitrogens with two attached hydrogens (primary N) is 1. The minimum absolute atomic E-state index is 0.513. The molecule has 1 aromatic heterocycles. The minimum atomic E-state index is 0.513. The van der Waals surface area contributed by atoms with Gasteiger partial charge in [0.2, 0.25) is 5.95 Å². The van der Waals surface area contributed by atoms with Gasteiger partial charge in [0.1, 0.15) is 5.82 Å². The van der Waals surface area contributed by atoms with E-state index in [-0.39, 0.29) is 0 Å². The van der Waals surface area contributed by atoms with Gasteiger partial charge in [-0.15, -0.1) is 0 Å². The molecule has 0 unspecified atom stereocenters. The van der Waals surface area contributed by atoms with Crippen LogP contribution < -0.4 is 16.4 Å². The second kappa shape index (κ2) is 6.66. The third-order valence-electron chi connectivity index (χ3n) is 3.20. The van der Waals surface area contributed by atoms with Crippen LogP contribution in [0.4, 0.5) is 28.8 Å². The molecule has 3 aromatic rings. The number of aromatic nitrogens is 2. The molecular formula is C17H16BrN5. The van der Waals surface area contributed by atoms with Crippen LogP contribution in [0.3, 0.4) is 0 Å². The Bertz CT molecular complexity index is 835. The average Bonchev–Trinajstić information content (AvgIpc) is 2.51. The van der Waals surface area contributed by atoms with Gasteiger partial charge in [-0.1, -0.05) is 28.1 Å². The number of nitrogens with one attached hydrogen (secondary N) is 2. The summed E-state index contributed by atoms with van der Waals surface area (Å²) in [6.45, 7) is 1.96. The summed E-state index contributed by atoms with van der Waals surface area (Å²) >= 11 is 3.46. The van der Waals surface area contributed by atoms with Crippen molar-refractivity contribution < 1.29 is 0 Å². The molecule has 0 atom stereocenters. The van der Waals surface area contributed by atoms with Crippen LogP contribution in [-0.2, 0) is 0 Å². The number of rotatable bonds is 4. The van der Waals surface area contributed by atoms with E-state index in [4.69, 9.17) is 5.73 Å². The number of hydrogen-bond acceptors (Lipinski definition) is 5. The molecule has 0 bridgehead atoms. The third kappa shape index (κ3) is 3.98. The average molecular weight is 370 g/mol. The molecule has 0 radical (unpaired) electrons. The Balaban J connectivity index is 1.84. The number of anilines is 5. The molecule has 0 aliphatic rings. The van der Waals surface area contributed by atoms with E-state index in [1.807, 2.05) is 55.5 Å². The van der Waals surface area contributed by atoms with E-state index in [1.54, 1.807) is 6.20 Å². The SMILES string of the molecule is Cc1cnc(Nc2cccc(N)c2)nc1Nc1cccc(Br)c1. The molecular weight excluding hydrogens is 354 g/mol. The Morgan fingerprint density at radius 1 is 1.00 bits per heavy atom. The van der Waals surface area contributed by atoms with Crippen LogP contribution in [0.2, 0.25) is 0 Å². The second-order valence-corrected chi connectivity index (χ2v) is 6.03. The Morgan fingerprint density at radius 3 is 2.48 bits per heavy atom. The van der Waals surface area contributed by atoms with Gasteiger partial charge in [-0.05, 0) is 43.3 Å². The highest BCUT2D eigenvalue weighted by Gasteiger charge is 2.05. The highest BCUT2D eigenvalue weighted by atomic mass is 79.9. The fourth-order valence-electron chi connectivity index (χ4n) is 2.08. The molecule has 0 aliphatic heterocycles. The van der Waals surface area contributed by atoms with Crippen molar-refractivity contribution in [2.75, 3.05) is 16.4 Å². The van der Waals surface area contributed by atoms with Gasteiger partial charge in [0.15, 0.2) is 0 Å². The minimum Gasteiger partial charge on any atom is -0.399 e. The number of halogens is 1. The lowest BCUT2D eigenvalue weighted by Crippen LogP contribution is -2.03. The smallest absolute Gasteiger partial charge is 0.229 e. The normalized spacial score (nSPS) is 10.3. The van der Waals surface area contributed by atoms with Crippen LogP contribution in [0.15, 0.2) is 59.2 Å². The Hall–Kier alpha value is -2.60. The van der Waals surface area contributed by atoms with E-state index in [0.717, 1.165) is 27.2 Å². The topological polar surface area (TPSA) is 75.9 Å². The fraction of sp³-hybridized carbons (Fsp3) is 0.0588. The molecule has 5 nitrogen and oxygen atoms in total. The van der Waals surface area contributed by atoms with E-state index in [9.17, 15) is 0 Å². The van der Waals surface area contributed by atoms with Gasteiger partial charge in [0.05, 0.1) is 0 Å². The molecule has 2 aromatic carbocycles. The Kier molecular flexibility index (Phi) is 4.43. The summed E-state index contributed by atoms with van der Waals surface area (Å²) in [7, 11) is 0. The van der Waals surface area contributed by atoms with Crippen LogP contribution in [0, 0.1) is 6.92 Å². The maximum Gasteiger partial charge on any atom is 0.229 e. The molecule has 0 saturated carbocycles. The molecule has 0 saturated heterocycles. The second-order valence-electron chi connectivity index (χ2n) is 5.11. The number of hydrogen-bond donors (Lipinski definition) is 3. The number of aryl methyl sites for hydroxylation is 1. The predicted molar refractivity (Wildman–Crippen MR) is 98.3 cm³/mol. The zero-order chi connectivity index (χ0) is 16.2. The van der Waals surface area contributed by atoms with Crippen LogP contribution >= 0.6 is 15.9 Å². The molecule has 23 heavy (non-hydrogen) atoms. The summed E-state index contributed by atoms with van der Waals surface area (Å²) in [5.74, 6) is 1.27. The van der Waals surface area contributed by atoms with E-state index in [1.165, 1.54) is 0 Å². The van der Waals surface area contributed by atoms with Crippen LogP contribution in [0.1, 0.15) is 5.56 Å². The highest BCUT2D eigenvalue weighted by Crippen LogP contribution is 2.23. The lowest BCUT2D eigenvalue weighted by Gasteiger charge is -2.11. The number of nitrogens with zero attached hydrogens (tertiary/aromatic N) is 2. The van der Waals surface area contributed by atoms with Gasteiger partial charge in [-0.25, -0.2) is 4.98 Å². The summed E-state index contributed by atoms with van der Waals surface area (Å²) < 4.78 is 1.01. The summed E-state index contributed by atoms with van der Waals surface area (Å²) in [5.41, 5.74) is 9.24. The molecule has 0 fully saturated rings. The van der Waals surface area contributed by atoms with Gasteiger partial charge >= 0.3 is 0 Å². The first-order valence-electron chi connectivity index (χ1n) is 7.09. The van der Waals surface area contributed by atoms with E-state index in [2.05, 4.69) is 36.5 Å². The number of benzene rings is 2. The summed E-state index contributed by atoms with van der Waals surface area (Å²) in [6.07, 6.45) is 1.78. The highest BCUT2D eigenvalue weighted by molar-refractivity contribution is 9.10. The molecule has 4 N–H and O–H groups in total. The summed E-state index contributed by atoms with van der Waals surface area (Å²) in [4.78, 5) is 8.84. The Morgan fingerprint density at radius 2 is 1.74 bits per heavy atom. The molecule has 0 aliphatic carbocycles. The first kappa shape index (κ1) is 15.3. The van der Waals surface area contributed by atoms with Crippen molar-refractivity contribution >= 4 is 44.8 Å². The summed E-state index contributed by atoms with van der Waals surface area (Å²) in [6, 6.07) is 15.4. The van der Waals surface area contributed by atoms with Crippen molar-refractivity contribution in [3.63, 3.8) is 0 Å². The van der Waals surface area contributed by atoms with Gasteiger partial charge in [-0.2, -0.15) is 4.98 Å². The monoisotopic (exact) mass is 369 g/mol. The third-order valence-corrected chi connectivity index (χ3v) is 3.70. The quantitative estimate of drug-likeness (QED) is 0.585. The first-order chi connectivity index (χ1) is 11.1. The number of nitrogen functional groups attached to an aromatic ring is 1. The lowest BCUT2D eigenvalue weighted by atomic mass is 10.3. The molecule has 1 heterocycles. The van der Waals surface area contributed by atoms with Crippen molar-refractivity contribution in [2.24, 2.45) is 0 Å². The predicted octanol–water partition coefficient (Wildman–Crippen LogP) is 4.62. The van der Waals surface area contributed by atoms with Crippen molar-refractivity contribution in [2.45, 2.75) is 6.92 Å². The largest absolute Gasteiger partial charge is 0.399 e.